The number of hydrogen-bond donors (Lipinski definition) is 1. The molecule has 12 rings (SSSR count). The molecule has 0 radical (unpaired) electrons. The smallest absolute Gasteiger partial charge is 0.0947 e. The first-order chi connectivity index (χ1) is 31.0. The van der Waals surface area contributed by atoms with Gasteiger partial charge in [-0.3, -0.25) is 0 Å². The van der Waals surface area contributed by atoms with Crippen LogP contribution in [0.1, 0.15) is 102 Å². The van der Waals surface area contributed by atoms with Crippen LogP contribution in [-0.4, -0.2) is 5.71 Å². The normalized spacial score (nSPS) is 21.3. The molecule has 306 valence electrons. The van der Waals surface area contributed by atoms with Crippen molar-refractivity contribution in [3.63, 3.8) is 0 Å². The van der Waals surface area contributed by atoms with Crippen molar-refractivity contribution in [1.82, 2.24) is 5.32 Å². The van der Waals surface area contributed by atoms with E-state index in [1.165, 1.54) is 82.2 Å². The molecule has 0 bridgehead atoms. The molecule has 2 nitrogen and oxygen atoms in total. The van der Waals surface area contributed by atoms with Crippen LogP contribution in [0.3, 0.4) is 0 Å². The molecule has 0 saturated heterocycles. The fourth-order valence-corrected chi connectivity index (χ4v) is 12.1. The first kappa shape index (κ1) is 37.9. The van der Waals surface area contributed by atoms with Crippen LogP contribution in [0, 0.1) is 5.92 Å². The quantitative estimate of drug-likeness (QED) is 0.178. The van der Waals surface area contributed by atoms with Crippen molar-refractivity contribution in [2.24, 2.45) is 10.9 Å². The minimum atomic E-state index is -0.101. The summed E-state index contributed by atoms with van der Waals surface area (Å²) in [5, 5.41) is 3.98. The molecule has 1 saturated carbocycles. The lowest BCUT2D eigenvalue weighted by atomic mass is 9.62. The summed E-state index contributed by atoms with van der Waals surface area (Å²) >= 11 is 0. The van der Waals surface area contributed by atoms with Crippen molar-refractivity contribution >= 4 is 22.7 Å². The Balaban J connectivity index is 0.864. The van der Waals surface area contributed by atoms with E-state index in [4.69, 9.17) is 4.99 Å². The third-order valence-corrected chi connectivity index (χ3v) is 15.3. The van der Waals surface area contributed by atoms with Crippen LogP contribution in [0.4, 0.5) is 0 Å². The van der Waals surface area contributed by atoms with E-state index in [1.807, 2.05) is 0 Å². The van der Waals surface area contributed by atoms with Gasteiger partial charge < -0.3 is 5.32 Å². The van der Waals surface area contributed by atoms with E-state index in [1.54, 1.807) is 11.1 Å². The minimum absolute atomic E-state index is 0.0258. The molecule has 1 fully saturated rings. The highest BCUT2D eigenvalue weighted by Gasteiger charge is 2.53. The second-order valence-corrected chi connectivity index (χ2v) is 19.0. The Morgan fingerprint density at radius 1 is 0.508 bits per heavy atom. The van der Waals surface area contributed by atoms with Crippen molar-refractivity contribution < 1.29 is 0 Å². The van der Waals surface area contributed by atoms with E-state index in [9.17, 15) is 0 Å². The lowest BCUT2D eigenvalue weighted by Crippen LogP contribution is -2.35. The molecule has 0 aromatic heterocycles. The number of benzene rings is 7. The molecular formula is C61H52N2. The molecule has 5 aliphatic rings. The van der Waals surface area contributed by atoms with Gasteiger partial charge in [0.2, 0.25) is 0 Å². The van der Waals surface area contributed by atoms with Gasteiger partial charge in [-0.15, -0.1) is 0 Å². The number of nitrogens with zero attached hydrogens (tertiary/aromatic N) is 1. The highest BCUT2D eigenvalue weighted by molar-refractivity contribution is 6.12. The fourth-order valence-electron chi connectivity index (χ4n) is 12.1. The fraction of sp³-hybridized carbons (Fsp3) is 0.197. The van der Waals surface area contributed by atoms with E-state index in [-0.39, 0.29) is 16.9 Å². The Labute approximate surface area is 372 Å². The van der Waals surface area contributed by atoms with Crippen LogP contribution in [-0.2, 0) is 10.8 Å². The van der Waals surface area contributed by atoms with E-state index < -0.39 is 0 Å². The Morgan fingerprint density at radius 3 is 1.76 bits per heavy atom. The molecule has 1 spiro atoms. The predicted molar refractivity (Wildman–Crippen MR) is 262 cm³/mol. The van der Waals surface area contributed by atoms with Crippen molar-refractivity contribution in [3.05, 3.63) is 244 Å². The lowest BCUT2D eigenvalue weighted by Gasteiger charge is -2.41. The first-order valence-electron chi connectivity index (χ1n) is 23.1. The average Bonchev–Trinajstić information content (AvgIpc) is 3.74. The second kappa shape index (κ2) is 15.0. The minimum Gasteiger partial charge on any atom is -0.370 e. The summed E-state index contributed by atoms with van der Waals surface area (Å²) in [7, 11) is 0. The van der Waals surface area contributed by atoms with Gasteiger partial charge in [-0.05, 0) is 97.2 Å². The monoisotopic (exact) mass is 812 g/mol. The Bertz CT molecular complexity index is 3000. The van der Waals surface area contributed by atoms with Crippen LogP contribution in [0.15, 0.2) is 205 Å². The van der Waals surface area contributed by atoms with E-state index >= 15 is 0 Å². The third kappa shape index (κ3) is 6.17. The first-order valence-corrected chi connectivity index (χ1v) is 23.1. The topological polar surface area (TPSA) is 24.4 Å². The van der Waals surface area contributed by atoms with Crippen LogP contribution < -0.4 is 5.32 Å². The van der Waals surface area contributed by atoms with Gasteiger partial charge in [0.05, 0.1) is 23.1 Å². The summed E-state index contributed by atoms with van der Waals surface area (Å²) in [5.41, 5.74) is 21.8. The van der Waals surface area contributed by atoms with Gasteiger partial charge >= 0.3 is 0 Å². The van der Waals surface area contributed by atoms with Gasteiger partial charge in [-0.2, -0.15) is 0 Å². The molecular weight excluding hydrogens is 761 g/mol. The van der Waals surface area contributed by atoms with Crippen molar-refractivity contribution in [2.75, 3.05) is 0 Å². The van der Waals surface area contributed by atoms with E-state index in [0.717, 1.165) is 33.8 Å². The van der Waals surface area contributed by atoms with Crippen molar-refractivity contribution in [2.45, 2.75) is 68.7 Å². The van der Waals surface area contributed by atoms with Gasteiger partial charge in [0.25, 0.3) is 0 Å². The largest absolute Gasteiger partial charge is 0.370 e. The number of aliphatic imine (C=N–C) groups is 1. The average molecular weight is 813 g/mol. The van der Waals surface area contributed by atoms with Crippen molar-refractivity contribution in [1.29, 1.82) is 0 Å². The summed E-state index contributed by atoms with van der Waals surface area (Å²) in [6.45, 7) is 4.88. The summed E-state index contributed by atoms with van der Waals surface area (Å²) in [6, 6.07) is 66.6. The predicted octanol–water partition coefficient (Wildman–Crippen LogP) is 14.9. The van der Waals surface area contributed by atoms with Crippen LogP contribution in [0.25, 0.3) is 39.2 Å². The molecule has 1 heterocycles. The molecule has 7 aromatic rings. The molecule has 7 aromatic carbocycles. The van der Waals surface area contributed by atoms with Gasteiger partial charge in [0.1, 0.15) is 0 Å². The summed E-state index contributed by atoms with van der Waals surface area (Å²) < 4.78 is 0. The van der Waals surface area contributed by atoms with Crippen LogP contribution in [0.5, 0.6) is 0 Å². The van der Waals surface area contributed by atoms with E-state index in [2.05, 4.69) is 213 Å². The number of hydrogen-bond acceptors (Lipinski definition) is 2. The van der Waals surface area contributed by atoms with E-state index in [0.29, 0.717) is 11.8 Å². The maximum Gasteiger partial charge on any atom is 0.0947 e. The Morgan fingerprint density at radius 2 is 1.08 bits per heavy atom. The zero-order valence-electron chi connectivity index (χ0n) is 36.2. The van der Waals surface area contributed by atoms with Crippen LogP contribution >= 0.6 is 0 Å². The van der Waals surface area contributed by atoms with Gasteiger partial charge in [-0.25, -0.2) is 4.99 Å². The molecule has 4 aliphatic carbocycles. The lowest BCUT2D eigenvalue weighted by molar-refractivity contribution is 0.233. The van der Waals surface area contributed by atoms with Gasteiger partial charge in [0.15, 0.2) is 0 Å². The zero-order valence-corrected chi connectivity index (χ0v) is 36.2. The maximum absolute atomic E-state index is 5.48. The van der Waals surface area contributed by atoms with Gasteiger partial charge in [-0.1, -0.05) is 221 Å². The SMILES string of the molecule is CC1(C)C2=CC3c4ccccc4C4(CCCCC4)C3C=C2c2cc(-c3ccc(-c4ccc(C5=C(c6ccccc6)N=C(c6ccccc6)C(c6ccccc6)N5)cc4)cc3)ccc21. The summed E-state index contributed by atoms with van der Waals surface area (Å²) in [4.78, 5) is 5.48. The molecule has 3 unspecified atom stereocenters. The molecule has 0 amide bonds. The van der Waals surface area contributed by atoms with Crippen molar-refractivity contribution in [3.8, 4) is 22.3 Å². The molecule has 2 heteroatoms. The highest BCUT2D eigenvalue weighted by atomic mass is 15.0. The standard InChI is InChI=1S/C61H52N2/c1-60(2)52-34-33-47(37-49(52)51-39-55-50(38-54(51)60)48-23-13-14-24-53(48)61(55)35-15-6-16-36-61)42-27-25-40(26-28-42)41-29-31-46(32-30-41)59-58(45-21-11-5-12-22-45)62-56(43-17-7-3-8-18-43)57(63-59)44-19-9-4-10-20-44/h3-5,7-14,17-34,37-39,50,55,57,63H,6,15-16,35-36H2,1-2H3. The zero-order chi connectivity index (χ0) is 42.1. The number of nitrogens with one attached hydrogen (secondary N) is 1. The van der Waals surface area contributed by atoms with Crippen LogP contribution in [0.2, 0.25) is 0 Å². The number of rotatable bonds is 6. The maximum atomic E-state index is 5.48. The number of allylic oxidation sites excluding steroid dienone is 4. The number of fused-ring (bicyclic) bond motifs is 8. The molecule has 3 atom stereocenters. The Hall–Kier alpha value is -6.77. The molecule has 63 heavy (non-hydrogen) atoms. The molecule has 1 N–H and O–H groups in total. The second-order valence-electron chi connectivity index (χ2n) is 19.0. The third-order valence-electron chi connectivity index (χ3n) is 15.3. The molecule has 1 aliphatic heterocycles. The summed E-state index contributed by atoms with van der Waals surface area (Å²) in [5.74, 6) is 1.01. The highest BCUT2D eigenvalue weighted by Crippen LogP contribution is 2.64. The van der Waals surface area contributed by atoms with Gasteiger partial charge in [0, 0.05) is 22.3 Å². The Kier molecular flexibility index (Phi) is 9.01. The summed E-state index contributed by atoms with van der Waals surface area (Å²) in [6.07, 6.45) is 12.1.